The first-order chi connectivity index (χ1) is 10.4. The van der Waals surface area contributed by atoms with Crippen LogP contribution in [0.1, 0.15) is 41.5 Å². The van der Waals surface area contributed by atoms with Crippen molar-refractivity contribution in [2.24, 2.45) is 0 Å². The van der Waals surface area contributed by atoms with Gasteiger partial charge in [-0.1, -0.05) is 0 Å². The molecule has 0 rings (SSSR count). The van der Waals surface area contributed by atoms with Crippen LogP contribution in [-0.2, 0) is 45.8 Å². The summed E-state index contributed by atoms with van der Waals surface area (Å²) in [6.45, 7) is 5.83. The van der Waals surface area contributed by atoms with Gasteiger partial charge in [0.1, 0.15) is 0 Å². The monoisotopic (exact) mass is 422 g/mol. The molecule has 0 aliphatic rings. The van der Waals surface area contributed by atoms with Gasteiger partial charge in [0.2, 0.25) is 0 Å². The summed E-state index contributed by atoms with van der Waals surface area (Å²) in [4.78, 5) is 53.3. The molecular formula is C13H18FeO12. The van der Waals surface area contributed by atoms with Crippen LogP contribution >= 0.6 is 0 Å². The van der Waals surface area contributed by atoms with Crippen LogP contribution in [0.15, 0.2) is 0 Å². The number of hydrogen-bond donors (Lipinski definition) is 0. The fourth-order valence-corrected chi connectivity index (χ4v) is 0. The summed E-state index contributed by atoms with van der Waals surface area (Å²) in [5.41, 5.74) is 0. The molecule has 26 heavy (non-hydrogen) atoms. The van der Waals surface area contributed by atoms with Crippen LogP contribution < -0.4 is 30.6 Å². The minimum Gasteiger partial charge on any atom is -0.550 e. The topological polar surface area (TPSA) is 241 Å². The van der Waals surface area contributed by atoms with Crippen LogP contribution in [0.25, 0.3) is 0 Å². The number of carboxylic acids is 6. The Balaban J connectivity index is -0.0000000245. The molecule has 150 valence electrons. The first-order valence-electron chi connectivity index (χ1n) is 5.45. The van der Waals surface area contributed by atoms with Crippen LogP contribution in [0.5, 0.6) is 0 Å². The van der Waals surface area contributed by atoms with E-state index in [2.05, 4.69) is 0 Å². The van der Waals surface area contributed by atoms with E-state index in [-0.39, 0.29) is 24.5 Å². The molecule has 0 saturated heterocycles. The van der Waals surface area contributed by atoms with Gasteiger partial charge >= 0.3 is 24.5 Å². The Morgan fingerprint density at radius 1 is 0.385 bits per heavy atom. The molecule has 0 amide bonds. The molecule has 0 aliphatic heterocycles. The maximum atomic E-state index is 8.89. The molecule has 0 aliphatic carbocycles. The maximum Gasteiger partial charge on any atom is 4.00 e. The quantitative estimate of drug-likeness (QED) is 0.331. The average molecular weight is 422 g/mol. The van der Waals surface area contributed by atoms with Crippen LogP contribution in [0.2, 0.25) is 0 Å². The predicted octanol–water partition coefficient (Wildman–Crippen LogP) is -7.38. The molecule has 13 heteroatoms. The Hall–Kier alpha value is -2.66. The molecule has 0 fully saturated rings. The molecule has 0 spiro atoms. The first kappa shape index (κ1) is 49.5. The summed E-state index contributed by atoms with van der Waals surface area (Å²) in [7, 11) is 0. The smallest absolute Gasteiger partial charge is 0.550 e. The van der Waals surface area contributed by atoms with E-state index in [1.165, 1.54) is 0 Å². The van der Waals surface area contributed by atoms with Crippen molar-refractivity contribution < 1.29 is 76.5 Å². The van der Waals surface area contributed by atoms with E-state index in [4.69, 9.17) is 59.4 Å². The molecule has 0 aromatic carbocycles. The second-order valence-corrected chi connectivity index (χ2v) is 2.95. The van der Waals surface area contributed by atoms with Crippen molar-refractivity contribution in [3.05, 3.63) is 7.43 Å². The second kappa shape index (κ2) is 43.2. The number of carboxylic acid groups (broad SMARTS) is 6. The van der Waals surface area contributed by atoms with Gasteiger partial charge in [-0.2, -0.15) is 0 Å². The SMILES string of the molecule is CC(=O)[O-].CC(=O)[O-].CC(=O)[O-].CC(=O)[O-].CC(=O)[O-].CC(=O)[O-].[C+4].[Fe+2]. The third kappa shape index (κ3) is 1250. The Morgan fingerprint density at radius 3 is 0.385 bits per heavy atom. The van der Waals surface area contributed by atoms with E-state index in [1.807, 2.05) is 0 Å². The number of rotatable bonds is 0. The molecule has 0 heterocycles. The fourth-order valence-electron chi connectivity index (χ4n) is 0. The third-order valence-corrected chi connectivity index (χ3v) is 0. The average Bonchev–Trinajstić information content (AvgIpc) is 2.08. The number of carbonyl (C=O) groups is 6. The molecule has 0 radical (unpaired) electrons. The van der Waals surface area contributed by atoms with E-state index in [0.717, 1.165) is 41.5 Å². The van der Waals surface area contributed by atoms with Gasteiger partial charge in [0.25, 0.3) is 0 Å². The predicted molar refractivity (Wildman–Crippen MR) is 67.3 cm³/mol. The molecular weight excluding hydrogens is 404 g/mol. The van der Waals surface area contributed by atoms with Crippen LogP contribution in [-0.4, -0.2) is 35.8 Å². The van der Waals surface area contributed by atoms with Gasteiger partial charge in [-0.25, -0.2) is 0 Å². The van der Waals surface area contributed by atoms with Crippen LogP contribution in [0.3, 0.4) is 0 Å². The molecule has 0 N–H and O–H groups in total. The van der Waals surface area contributed by atoms with Crippen molar-refractivity contribution in [1.82, 2.24) is 0 Å². The standard InChI is InChI=1S/6C2H4O2.C.Fe/c6*1-2(3)4;;/h6*1H3,(H,3,4);;/q;;;;;;+4;+2/p-6. The summed E-state index contributed by atoms with van der Waals surface area (Å²) in [6, 6.07) is 0. The minimum absolute atomic E-state index is 0. The van der Waals surface area contributed by atoms with E-state index < -0.39 is 35.8 Å². The van der Waals surface area contributed by atoms with E-state index in [1.54, 1.807) is 0 Å². The molecule has 0 atom stereocenters. The van der Waals surface area contributed by atoms with Crippen molar-refractivity contribution in [2.75, 3.05) is 0 Å². The second-order valence-electron chi connectivity index (χ2n) is 2.95. The van der Waals surface area contributed by atoms with Crippen molar-refractivity contribution in [2.45, 2.75) is 41.5 Å². The number of aliphatic carboxylic acids is 6. The molecule has 0 unspecified atom stereocenters. The van der Waals surface area contributed by atoms with E-state index >= 15 is 0 Å². The number of hydrogen-bond acceptors (Lipinski definition) is 12. The summed E-state index contributed by atoms with van der Waals surface area (Å²) < 4.78 is 0. The maximum absolute atomic E-state index is 8.89. The normalized spacial score (nSPS) is 5.77. The largest absolute Gasteiger partial charge is 4.00 e. The zero-order valence-corrected chi connectivity index (χ0v) is 15.9. The molecule has 0 aromatic rings. The van der Waals surface area contributed by atoms with Crippen molar-refractivity contribution in [3.63, 3.8) is 0 Å². The van der Waals surface area contributed by atoms with Gasteiger partial charge in [-0.3, -0.25) is 0 Å². The Bertz CT molecular complexity index is 262. The third-order valence-electron chi connectivity index (χ3n) is 0. The zero-order valence-electron chi connectivity index (χ0n) is 14.8. The fraction of sp³-hybridized carbons (Fsp3) is 0.462. The van der Waals surface area contributed by atoms with Gasteiger partial charge in [0.05, 0.1) is 0 Å². The first-order valence-corrected chi connectivity index (χ1v) is 5.45. The summed E-state index contributed by atoms with van der Waals surface area (Å²) in [6.07, 6.45) is 0. The van der Waals surface area contributed by atoms with Crippen molar-refractivity contribution >= 4 is 35.8 Å². The molecule has 0 bridgehead atoms. The van der Waals surface area contributed by atoms with E-state index in [9.17, 15) is 0 Å². The van der Waals surface area contributed by atoms with Gasteiger partial charge in [-0.15, -0.1) is 0 Å². The summed E-state index contributed by atoms with van der Waals surface area (Å²) in [5, 5.41) is 53.3. The molecule has 12 nitrogen and oxygen atoms in total. The zero-order chi connectivity index (χ0) is 21.5. The minimum atomic E-state index is -1.08. The summed E-state index contributed by atoms with van der Waals surface area (Å²) >= 11 is 0. The van der Waals surface area contributed by atoms with Gasteiger partial charge in [0, 0.05) is 35.8 Å². The van der Waals surface area contributed by atoms with Crippen LogP contribution in [0, 0.1) is 7.43 Å². The Kier molecular flexibility index (Phi) is 82.3. The Labute approximate surface area is 161 Å². The Morgan fingerprint density at radius 2 is 0.385 bits per heavy atom. The van der Waals surface area contributed by atoms with Crippen LogP contribution in [0.4, 0.5) is 0 Å². The molecule has 0 aromatic heterocycles. The number of carbonyl (C=O) groups excluding carboxylic acids is 6. The van der Waals surface area contributed by atoms with Gasteiger partial charge in [-0.05, 0) is 41.5 Å². The van der Waals surface area contributed by atoms with E-state index in [0.29, 0.717) is 0 Å². The van der Waals surface area contributed by atoms with Gasteiger partial charge < -0.3 is 59.4 Å². The van der Waals surface area contributed by atoms with Crippen molar-refractivity contribution in [1.29, 1.82) is 0 Å². The van der Waals surface area contributed by atoms with Crippen molar-refractivity contribution in [3.8, 4) is 0 Å². The molecule has 0 saturated carbocycles. The summed E-state index contributed by atoms with van der Waals surface area (Å²) in [5.74, 6) is -6.50. The van der Waals surface area contributed by atoms with Gasteiger partial charge in [0.15, 0.2) is 0 Å².